The Morgan fingerprint density at radius 3 is 2.38 bits per heavy atom. The van der Waals surface area contributed by atoms with Gasteiger partial charge in [0.1, 0.15) is 12.3 Å². The molecule has 2 aromatic rings. The normalized spacial score (nSPS) is 11.9. The summed E-state index contributed by atoms with van der Waals surface area (Å²) in [5.41, 5.74) is 1.36. The molecule has 0 saturated heterocycles. The lowest BCUT2D eigenvalue weighted by Gasteiger charge is -2.07. The first kappa shape index (κ1) is 18.2. The van der Waals surface area contributed by atoms with E-state index < -0.39 is 0 Å². The molecule has 0 saturated carbocycles. The molecule has 2 rings (SSSR count). The number of hydrogen-bond acceptors (Lipinski definition) is 3. The van der Waals surface area contributed by atoms with Gasteiger partial charge in [0.25, 0.3) is 0 Å². The topological polar surface area (TPSA) is 63.1 Å². The van der Waals surface area contributed by atoms with Crippen LogP contribution in [0.4, 0.5) is 0 Å². The van der Waals surface area contributed by atoms with Crippen molar-refractivity contribution in [1.82, 2.24) is 0 Å². The van der Waals surface area contributed by atoms with Crippen LogP contribution in [0.5, 0.6) is 5.75 Å². The number of ether oxygens (including phenoxy) is 1. The summed E-state index contributed by atoms with van der Waals surface area (Å²) >= 11 is 0. The third-order valence-corrected chi connectivity index (χ3v) is 3.73. The van der Waals surface area contributed by atoms with Gasteiger partial charge >= 0.3 is 0 Å². The molecule has 4 nitrogen and oxygen atoms in total. The van der Waals surface area contributed by atoms with Crippen LogP contribution in [0.25, 0.3) is 0 Å². The van der Waals surface area contributed by atoms with Gasteiger partial charge in [-0.2, -0.15) is 0 Å². The highest BCUT2D eigenvalue weighted by Gasteiger charge is 2.08. The van der Waals surface area contributed by atoms with Gasteiger partial charge in [0.05, 0.1) is 19.3 Å². The van der Waals surface area contributed by atoms with Crippen molar-refractivity contribution in [3.8, 4) is 5.75 Å². The van der Waals surface area contributed by atoms with Crippen molar-refractivity contribution in [1.29, 1.82) is 0 Å². The van der Waals surface area contributed by atoms with Gasteiger partial charge in [-0.05, 0) is 44.0 Å². The molecule has 0 heterocycles. The number of nitrogens with two attached hydrogens (primary N) is 1. The van der Waals surface area contributed by atoms with E-state index >= 15 is 0 Å². The number of hydrogen-bond donors (Lipinski definition) is 2. The molecule has 1 atom stereocenters. The van der Waals surface area contributed by atoms with Gasteiger partial charge in [0.15, 0.2) is 5.78 Å². The van der Waals surface area contributed by atoms with Gasteiger partial charge in [-0.25, -0.2) is 0 Å². The van der Waals surface area contributed by atoms with E-state index in [9.17, 15) is 4.79 Å². The Morgan fingerprint density at radius 2 is 1.71 bits per heavy atom. The molecule has 0 amide bonds. The van der Waals surface area contributed by atoms with Crippen molar-refractivity contribution in [2.24, 2.45) is 0 Å². The molecule has 24 heavy (non-hydrogen) atoms. The van der Waals surface area contributed by atoms with Gasteiger partial charge in [-0.3, -0.25) is 4.79 Å². The summed E-state index contributed by atoms with van der Waals surface area (Å²) in [6, 6.07) is 16.6. The predicted molar refractivity (Wildman–Crippen MR) is 94.4 cm³/mol. The second-order valence-corrected chi connectivity index (χ2v) is 5.94. The van der Waals surface area contributed by atoms with Gasteiger partial charge in [0, 0.05) is 11.1 Å². The van der Waals surface area contributed by atoms with Gasteiger partial charge in [0.2, 0.25) is 0 Å². The van der Waals surface area contributed by atoms with Gasteiger partial charge < -0.3 is 15.2 Å². The smallest absolute Gasteiger partial charge is 0.193 e. The number of carbonyl (C=O) groups is 1. The fraction of sp³-hybridized carbons (Fsp3) is 0.350. The number of quaternary nitrogens is 1. The van der Waals surface area contributed by atoms with Crippen LogP contribution in [0.2, 0.25) is 0 Å². The lowest BCUT2D eigenvalue weighted by Crippen LogP contribution is -2.86. The summed E-state index contributed by atoms with van der Waals surface area (Å²) in [4.78, 5) is 12.3. The van der Waals surface area contributed by atoms with Crippen molar-refractivity contribution in [3.63, 3.8) is 0 Å². The highest BCUT2D eigenvalue weighted by atomic mass is 16.5. The molecule has 0 spiro atoms. The monoisotopic (exact) mass is 328 g/mol. The predicted octanol–water partition coefficient (Wildman–Crippen LogP) is 2.02. The molecular formula is C20H26NO3+. The first-order chi connectivity index (χ1) is 11.7. The lowest BCUT2D eigenvalue weighted by atomic mass is 10.0. The number of aliphatic hydroxyl groups excluding tert-OH is 1. The SMILES string of the molecule is C[C@@H](O)C[NH2+]CCCCOc1ccc(C(=O)c2ccccc2)cc1. The Labute approximate surface area is 143 Å². The Balaban J connectivity index is 1.71. The summed E-state index contributed by atoms with van der Waals surface area (Å²) < 4.78 is 5.70. The highest BCUT2D eigenvalue weighted by molar-refractivity contribution is 6.08. The van der Waals surface area contributed by atoms with Crippen molar-refractivity contribution < 1.29 is 20.0 Å². The molecule has 0 unspecified atom stereocenters. The summed E-state index contributed by atoms with van der Waals surface area (Å²) in [6.45, 7) is 4.21. The van der Waals surface area contributed by atoms with Crippen LogP contribution in [0.1, 0.15) is 35.7 Å². The summed E-state index contributed by atoms with van der Waals surface area (Å²) in [7, 11) is 0. The number of aliphatic hydroxyl groups is 1. The van der Waals surface area contributed by atoms with Crippen molar-refractivity contribution >= 4 is 5.78 Å². The Kier molecular flexibility index (Phi) is 7.46. The molecular weight excluding hydrogens is 302 g/mol. The van der Waals surface area contributed by atoms with Crippen LogP contribution in [0, 0.1) is 0 Å². The Hall–Kier alpha value is -2.17. The average Bonchev–Trinajstić information content (AvgIpc) is 2.61. The second-order valence-electron chi connectivity index (χ2n) is 5.94. The molecule has 4 heteroatoms. The second kappa shape index (κ2) is 9.85. The third-order valence-electron chi connectivity index (χ3n) is 3.73. The van der Waals surface area contributed by atoms with Crippen LogP contribution in [0.15, 0.2) is 54.6 Å². The molecule has 0 aliphatic heterocycles. The van der Waals surface area contributed by atoms with E-state index in [1.165, 1.54) is 0 Å². The molecule has 0 radical (unpaired) electrons. The number of carbonyl (C=O) groups excluding carboxylic acids is 1. The zero-order valence-electron chi connectivity index (χ0n) is 14.2. The Bertz CT molecular complexity index is 609. The van der Waals surface area contributed by atoms with Crippen LogP contribution in [0.3, 0.4) is 0 Å². The van der Waals surface area contributed by atoms with Crippen molar-refractivity contribution in [3.05, 3.63) is 65.7 Å². The van der Waals surface area contributed by atoms with Crippen molar-refractivity contribution in [2.75, 3.05) is 19.7 Å². The fourth-order valence-corrected chi connectivity index (χ4v) is 2.40. The maximum atomic E-state index is 12.3. The average molecular weight is 328 g/mol. The fourth-order valence-electron chi connectivity index (χ4n) is 2.40. The molecule has 128 valence electrons. The van der Waals surface area contributed by atoms with Crippen LogP contribution in [-0.2, 0) is 0 Å². The van der Waals surface area contributed by atoms with E-state index in [0.29, 0.717) is 17.7 Å². The van der Waals surface area contributed by atoms with Gasteiger partial charge in [-0.15, -0.1) is 0 Å². The number of ketones is 1. The lowest BCUT2D eigenvalue weighted by molar-refractivity contribution is -0.660. The number of unbranched alkanes of at least 4 members (excludes halogenated alkanes) is 1. The van der Waals surface area contributed by atoms with E-state index in [-0.39, 0.29) is 11.9 Å². The largest absolute Gasteiger partial charge is 0.494 e. The molecule has 0 aliphatic rings. The van der Waals surface area contributed by atoms with Crippen LogP contribution >= 0.6 is 0 Å². The Morgan fingerprint density at radius 1 is 1.04 bits per heavy atom. The summed E-state index contributed by atoms with van der Waals surface area (Å²) in [5.74, 6) is 0.809. The molecule has 0 bridgehead atoms. The quantitative estimate of drug-likeness (QED) is 0.518. The first-order valence-electron chi connectivity index (χ1n) is 8.49. The molecule has 0 fully saturated rings. The minimum atomic E-state index is -0.252. The van der Waals surface area contributed by atoms with Crippen molar-refractivity contribution in [2.45, 2.75) is 25.9 Å². The van der Waals surface area contributed by atoms with E-state index in [4.69, 9.17) is 9.84 Å². The first-order valence-corrected chi connectivity index (χ1v) is 8.49. The molecule has 0 aromatic heterocycles. The minimum absolute atomic E-state index is 0.0239. The minimum Gasteiger partial charge on any atom is -0.494 e. The van der Waals surface area contributed by atoms with E-state index in [0.717, 1.165) is 31.7 Å². The van der Waals surface area contributed by atoms with E-state index in [1.54, 1.807) is 19.1 Å². The summed E-state index contributed by atoms with van der Waals surface area (Å²) in [5, 5.41) is 11.3. The zero-order chi connectivity index (χ0) is 17.2. The summed E-state index contributed by atoms with van der Waals surface area (Å²) in [6.07, 6.45) is 1.77. The van der Waals surface area contributed by atoms with E-state index in [2.05, 4.69) is 5.32 Å². The molecule has 2 aromatic carbocycles. The van der Waals surface area contributed by atoms with Crippen LogP contribution in [-0.4, -0.2) is 36.7 Å². The maximum Gasteiger partial charge on any atom is 0.193 e. The highest BCUT2D eigenvalue weighted by Crippen LogP contribution is 2.15. The van der Waals surface area contributed by atoms with Crippen LogP contribution < -0.4 is 10.1 Å². The number of rotatable bonds is 10. The number of benzene rings is 2. The van der Waals surface area contributed by atoms with E-state index in [1.807, 2.05) is 42.5 Å². The maximum absolute atomic E-state index is 12.3. The zero-order valence-corrected chi connectivity index (χ0v) is 14.2. The molecule has 3 N–H and O–H groups in total. The van der Waals surface area contributed by atoms with Gasteiger partial charge in [-0.1, -0.05) is 30.3 Å². The third kappa shape index (κ3) is 6.14. The molecule has 0 aliphatic carbocycles. The standard InChI is InChI=1S/C20H25NO3/c1-16(22)15-21-13-5-6-14-24-19-11-9-18(10-12-19)20(23)17-7-3-2-4-8-17/h2-4,7-12,16,21-22H,5-6,13-15H2,1H3/p+1/t16-/m1/s1.